The summed E-state index contributed by atoms with van der Waals surface area (Å²) in [6.07, 6.45) is 3.97. The van der Waals surface area contributed by atoms with Gasteiger partial charge < -0.3 is 20.1 Å². The number of methoxy groups -OCH3 is 1. The first-order chi connectivity index (χ1) is 16.0. The van der Waals surface area contributed by atoms with Crippen molar-refractivity contribution in [2.75, 3.05) is 26.8 Å². The van der Waals surface area contributed by atoms with Crippen molar-refractivity contribution in [3.63, 3.8) is 0 Å². The van der Waals surface area contributed by atoms with Crippen molar-refractivity contribution in [3.05, 3.63) is 84.2 Å². The Labute approximate surface area is 193 Å². The summed E-state index contributed by atoms with van der Waals surface area (Å²) in [5.41, 5.74) is 8.34. The Balaban J connectivity index is 1.52. The molecule has 1 saturated heterocycles. The van der Waals surface area contributed by atoms with Crippen molar-refractivity contribution < 1.29 is 19.1 Å². The fraction of sp³-hybridized carbons (Fsp3) is 0.269. The average Bonchev–Trinajstić information content (AvgIpc) is 2.85. The predicted molar refractivity (Wildman–Crippen MR) is 125 cm³/mol. The number of benzene rings is 2. The molecule has 7 heteroatoms. The largest absolute Gasteiger partial charge is 0.497 e. The van der Waals surface area contributed by atoms with Gasteiger partial charge in [0.25, 0.3) is 5.91 Å². The van der Waals surface area contributed by atoms with E-state index >= 15 is 0 Å². The van der Waals surface area contributed by atoms with Crippen LogP contribution in [-0.2, 0) is 27.2 Å². The Hall–Kier alpha value is -3.71. The Kier molecular flexibility index (Phi) is 6.70. The lowest BCUT2D eigenvalue weighted by Crippen LogP contribution is -2.61. The van der Waals surface area contributed by atoms with Crippen molar-refractivity contribution in [2.24, 2.45) is 5.73 Å². The van der Waals surface area contributed by atoms with Gasteiger partial charge in [-0.25, -0.2) is 0 Å². The molecule has 0 radical (unpaired) electrons. The first kappa shape index (κ1) is 22.5. The number of rotatable bonds is 7. The van der Waals surface area contributed by atoms with Crippen LogP contribution in [-0.4, -0.2) is 54.1 Å². The number of carbonyl (C=O) groups is 2. The molecule has 0 bridgehead atoms. The van der Waals surface area contributed by atoms with E-state index < -0.39 is 11.5 Å². The molecule has 1 aromatic heterocycles. The zero-order valence-electron chi connectivity index (χ0n) is 18.6. The van der Waals surface area contributed by atoms with Crippen LogP contribution in [0.4, 0.5) is 0 Å². The maximum atomic E-state index is 13.0. The number of carbonyl (C=O) groups excluding carboxylic acids is 2. The van der Waals surface area contributed by atoms with Crippen molar-refractivity contribution in [2.45, 2.75) is 18.4 Å². The van der Waals surface area contributed by atoms with E-state index in [-0.39, 0.29) is 31.9 Å². The number of hydrogen-bond acceptors (Lipinski definition) is 5. The van der Waals surface area contributed by atoms with Gasteiger partial charge >= 0.3 is 0 Å². The van der Waals surface area contributed by atoms with E-state index in [1.165, 1.54) is 0 Å². The third kappa shape index (κ3) is 5.21. The Bertz CT molecular complexity index is 1140. The molecule has 2 heterocycles. The smallest absolute Gasteiger partial charge is 0.251 e. The second kappa shape index (κ2) is 9.83. The van der Waals surface area contributed by atoms with Gasteiger partial charge in [-0.05, 0) is 46.5 Å². The van der Waals surface area contributed by atoms with Crippen LogP contribution in [0.5, 0.6) is 5.75 Å². The standard InChI is InChI=1S/C26H27N3O4/c1-32-23-7-3-4-19(15-23)16-24(30)29-12-13-33-26(18-29,25(27)31)17-20-5-2-6-22(14-20)21-8-10-28-11-9-21/h2-11,14-15H,12-13,16-18H2,1H3,(H2,27,31). The van der Waals surface area contributed by atoms with Gasteiger partial charge in [-0.2, -0.15) is 0 Å². The van der Waals surface area contributed by atoms with Crippen LogP contribution in [0.15, 0.2) is 73.1 Å². The van der Waals surface area contributed by atoms with E-state index in [9.17, 15) is 9.59 Å². The zero-order chi connectivity index (χ0) is 23.3. The number of aromatic nitrogens is 1. The van der Waals surface area contributed by atoms with Gasteiger partial charge in [-0.1, -0.05) is 36.4 Å². The highest BCUT2D eigenvalue weighted by Crippen LogP contribution is 2.27. The van der Waals surface area contributed by atoms with Crippen LogP contribution < -0.4 is 10.5 Å². The summed E-state index contributed by atoms with van der Waals surface area (Å²) in [6.45, 7) is 0.774. The van der Waals surface area contributed by atoms with Gasteiger partial charge in [0.1, 0.15) is 5.75 Å². The van der Waals surface area contributed by atoms with E-state index in [2.05, 4.69) is 4.98 Å². The summed E-state index contributed by atoms with van der Waals surface area (Å²) in [5.74, 6) is 0.0428. The summed E-state index contributed by atoms with van der Waals surface area (Å²) >= 11 is 0. The Morgan fingerprint density at radius 3 is 2.58 bits per heavy atom. The van der Waals surface area contributed by atoms with Crippen molar-refractivity contribution in [1.29, 1.82) is 0 Å². The normalized spacial score (nSPS) is 18.0. The number of amides is 2. The van der Waals surface area contributed by atoms with E-state index in [1.54, 1.807) is 24.4 Å². The van der Waals surface area contributed by atoms with Crippen molar-refractivity contribution in [3.8, 4) is 16.9 Å². The lowest BCUT2D eigenvalue weighted by atomic mass is 9.90. The summed E-state index contributed by atoms with van der Waals surface area (Å²) < 4.78 is 11.2. The highest BCUT2D eigenvalue weighted by molar-refractivity contribution is 5.86. The van der Waals surface area contributed by atoms with Gasteiger partial charge in [0.05, 0.1) is 26.7 Å². The molecule has 1 fully saturated rings. The van der Waals surface area contributed by atoms with Crippen LogP contribution in [0.3, 0.4) is 0 Å². The topological polar surface area (TPSA) is 94.8 Å². The first-order valence-corrected chi connectivity index (χ1v) is 10.8. The molecular weight excluding hydrogens is 418 g/mol. The molecule has 0 spiro atoms. The first-order valence-electron chi connectivity index (χ1n) is 10.8. The minimum atomic E-state index is -1.28. The Morgan fingerprint density at radius 2 is 1.82 bits per heavy atom. The van der Waals surface area contributed by atoms with Crippen molar-refractivity contribution in [1.82, 2.24) is 9.88 Å². The number of primary amides is 1. The molecule has 2 aromatic carbocycles. The molecule has 1 atom stereocenters. The van der Waals surface area contributed by atoms with E-state index in [0.29, 0.717) is 12.3 Å². The summed E-state index contributed by atoms with van der Waals surface area (Å²) in [4.78, 5) is 31.3. The number of ether oxygens (including phenoxy) is 2. The van der Waals surface area contributed by atoms with Crippen LogP contribution in [0, 0.1) is 0 Å². The van der Waals surface area contributed by atoms with Gasteiger partial charge in [0.15, 0.2) is 5.60 Å². The zero-order valence-corrected chi connectivity index (χ0v) is 18.6. The van der Waals surface area contributed by atoms with Crippen LogP contribution in [0.25, 0.3) is 11.1 Å². The number of hydrogen-bond donors (Lipinski definition) is 1. The molecule has 3 aromatic rings. The van der Waals surface area contributed by atoms with Gasteiger partial charge in [-0.3, -0.25) is 14.6 Å². The Morgan fingerprint density at radius 1 is 1.06 bits per heavy atom. The SMILES string of the molecule is COc1cccc(CC(=O)N2CCOC(Cc3cccc(-c4ccncc4)c3)(C(N)=O)C2)c1. The fourth-order valence-corrected chi connectivity index (χ4v) is 4.14. The molecule has 4 rings (SSSR count). The summed E-state index contributed by atoms with van der Waals surface area (Å²) in [6, 6.07) is 19.2. The molecule has 2 N–H and O–H groups in total. The van der Waals surface area contributed by atoms with Crippen LogP contribution in [0.1, 0.15) is 11.1 Å². The molecular formula is C26H27N3O4. The second-order valence-corrected chi connectivity index (χ2v) is 8.16. The predicted octanol–water partition coefficient (Wildman–Crippen LogP) is 2.63. The molecule has 1 aliphatic heterocycles. The maximum Gasteiger partial charge on any atom is 0.251 e. The van der Waals surface area contributed by atoms with Gasteiger partial charge in [0.2, 0.25) is 5.91 Å². The van der Waals surface area contributed by atoms with E-state index in [1.807, 2.05) is 60.7 Å². The van der Waals surface area contributed by atoms with E-state index in [0.717, 1.165) is 22.3 Å². The number of morpholine rings is 1. The van der Waals surface area contributed by atoms with E-state index in [4.69, 9.17) is 15.2 Å². The lowest BCUT2D eigenvalue weighted by molar-refractivity contribution is -0.163. The van der Waals surface area contributed by atoms with Gasteiger partial charge in [0, 0.05) is 25.4 Å². The van der Waals surface area contributed by atoms with Crippen LogP contribution >= 0.6 is 0 Å². The second-order valence-electron chi connectivity index (χ2n) is 8.16. The molecule has 1 unspecified atom stereocenters. The fourth-order valence-electron chi connectivity index (χ4n) is 4.14. The van der Waals surface area contributed by atoms with Crippen molar-refractivity contribution >= 4 is 11.8 Å². The lowest BCUT2D eigenvalue weighted by Gasteiger charge is -2.41. The molecule has 33 heavy (non-hydrogen) atoms. The molecule has 0 aliphatic carbocycles. The molecule has 1 aliphatic rings. The number of pyridine rings is 1. The summed E-state index contributed by atoms with van der Waals surface area (Å²) in [7, 11) is 1.59. The molecule has 7 nitrogen and oxygen atoms in total. The number of nitrogens with zero attached hydrogens (tertiary/aromatic N) is 2. The average molecular weight is 446 g/mol. The maximum absolute atomic E-state index is 13.0. The third-order valence-corrected chi connectivity index (χ3v) is 5.91. The highest BCUT2D eigenvalue weighted by Gasteiger charge is 2.43. The minimum absolute atomic E-state index is 0.0808. The third-order valence-electron chi connectivity index (χ3n) is 5.91. The molecule has 0 saturated carbocycles. The molecule has 2 amide bonds. The highest BCUT2D eigenvalue weighted by atomic mass is 16.5. The molecule has 170 valence electrons. The quantitative estimate of drug-likeness (QED) is 0.603. The monoisotopic (exact) mass is 445 g/mol. The van der Waals surface area contributed by atoms with Crippen LogP contribution in [0.2, 0.25) is 0 Å². The minimum Gasteiger partial charge on any atom is -0.497 e. The van der Waals surface area contributed by atoms with Gasteiger partial charge in [-0.15, -0.1) is 0 Å². The number of nitrogens with two attached hydrogens (primary N) is 1. The summed E-state index contributed by atoms with van der Waals surface area (Å²) in [5, 5.41) is 0.